The molecular weight excluding hydrogens is 228 g/mol. The van der Waals surface area contributed by atoms with Gasteiger partial charge in [-0.05, 0) is 30.0 Å². The van der Waals surface area contributed by atoms with Crippen molar-refractivity contribution in [2.75, 3.05) is 18.5 Å². The molecule has 0 aromatic heterocycles. The molecule has 1 aromatic carbocycles. The van der Waals surface area contributed by atoms with Gasteiger partial charge in [0, 0.05) is 12.3 Å². The average Bonchev–Trinajstić information content (AvgIpc) is 2.82. The Morgan fingerprint density at radius 3 is 2.61 bits per heavy atom. The highest BCUT2D eigenvalue weighted by Crippen LogP contribution is 2.17. The van der Waals surface area contributed by atoms with Crippen molar-refractivity contribution < 1.29 is 9.53 Å². The summed E-state index contributed by atoms with van der Waals surface area (Å²) >= 11 is 0. The van der Waals surface area contributed by atoms with Gasteiger partial charge in [-0.2, -0.15) is 0 Å². The summed E-state index contributed by atoms with van der Waals surface area (Å²) in [6, 6.07) is 7.92. The second-order valence-electron chi connectivity index (χ2n) is 4.94. The molecule has 1 atom stereocenters. The maximum absolute atomic E-state index is 11.7. The lowest BCUT2D eigenvalue weighted by Crippen LogP contribution is -2.38. The minimum Gasteiger partial charge on any atom is -0.379 e. The van der Waals surface area contributed by atoms with Crippen molar-refractivity contribution in [1.82, 2.24) is 5.32 Å². The third-order valence-corrected chi connectivity index (χ3v) is 3.10. The fraction of sp³-hybridized carbons (Fsp3) is 0.500. The predicted molar refractivity (Wildman–Crippen MR) is 71.9 cm³/mol. The van der Waals surface area contributed by atoms with E-state index in [2.05, 4.69) is 24.5 Å². The fourth-order valence-corrected chi connectivity index (χ4v) is 1.95. The number of benzene rings is 1. The smallest absolute Gasteiger partial charge is 0.319 e. The van der Waals surface area contributed by atoms with Crippen molar-refractivity contribution in [3.8, 4) is 0 Å². The van der Waals surface area contributed by atoms with E-state index in [0.717, 1.165) is 18.7 Å². The molecule has 2 N–H and O–H groups in total. The van der Waals surface area contributed by atoms with Gasteiger partial charge in [-0.3, -0.25) is 0 Å². The highest BCUT2D eigenvalue weighted by atomic mass is 16.5. The molecule has 2 rings (SSSR count). The summed E-state index contributed by atoms with van der Waals surface area (Å²) in [5, 5.41) is 5.72. The second-order valence-corrected chi connectivity index (χ2v) is 4.94. The third-order valence-electron chi connectivity index (χ3n) is 3.10. The molecule has 0 spiro atoms. The molecule has 1 unspecified atom stereocenters. The number of ether oxygens (including phenoxy) is 1. The highest BCUT2D eigenvalue weighted by molar-refractivity contribution is 5.89. The summed E-state index contributed by atoms with van der Waals surface area (Å²) in [6.07, 6.45) is 0.889. The van der Waals surface area contributed by atoms with Crippen molar-refractivity contribution in [2.24, 2.45) is 0 Å². The van der Waals surface area contributed by atoms with Gasteiger partial charge in [0.1, 0.15) is 0 Å². The van der Waals surface area contributed by atoms with Crippen LogP contribution >= 0.6 is 0 Å². The van der Waals surface area contributed by atoms with Crippen LogP contribution in [-0.2, 0) is 4.74 Å². The molecule has 0 bridgehead atoms. The van der Waals surface area contributed by atoms with Crippen molar-refractivity contribution >= 4 is 11.7 Å². The van der Waals surface area contributed by atoms with Crippen LogP contribution < -0.4 is 10.6 Å². The third kappa shape index (κ3) is 3.47. The molecule has 1 aliphatic heterocycles. The zero-order valence-corrected chi connectivity index (χ0v) is 10.9. The molecule has 1 fully saturated rings. The van der Waals surface area contributed by atoms with Crippen molar-refractivity contribution in [3.05, 3.63) is 29.8 Å². The molecule has 4 heteroatoms. The average molecular weight is 248 g/mol. The molecule has 1 heterocycles. The van der Waals surface area contributed by atoms with Crippen LogP contribution in [0.15, 0.2) is 24.3 Å². The van der Waals surface area contributed by atoms with E-state index in [0.29, 0.717) is 12.5 Å². The number of rotatable bonds is 3. The molecule has 1 saturated heterocycles. The first-order valence-electron chi connectivity index (χ1n) is 6.40. The van der Waals surface area contributed by atoms with E-state index < -0.39 is 0 Å². The topological polar surface area (TPSA) is 50.4 Å². The van der Waals surface area contributed by atoms with Gasteiger partial charge >= 0.3 is 6.03 Å². The first kappa shape index (κ1) is 12.9. The Bertz CT molecular complexity index is 395. The van der Waals surface area contributed by atoms with Crippen LogP contribution in [0.3, 0.4) is 0 Å². The molecule has 0 radical (unpaired) electrons. The van der Waals surface area contributed by atoms with Crippen molar-refractivity contribution in [3.63, 3.8) is 0 Å². The quantitative estimate of drug-likeness (QED) is 0.864. The van der Waals surface area contributed by atoms with E-state index in [1.54, 1.807) is 0 Å². The Kier molecular flexibility index (Phi) is 4.20. The Morgan fingerprint density at radius 1 is 1.33 bits per heavy atom. The molecule has 98 valence electrons. The summed E-state index contributed by atoms with van der Waals surface area (Å²) < 4.78 is 5.21. The number of urea groups is 1. The number of hydrogen-bond acceptors (Lipinski definition) is 2. The van der Waals surface area contributed by atoms with Crippen LogP contribution in [0.2, 0.25) is 0 Å². The summed E-state index contributed by atoms with van der Waals surface area (Å²) in [7, 11) is 0. The zero-order chi connectivity index (χ0) is 13.0. The van der Waals surface area contributed by atoms with Crippen LogP contribution in [0.4, 0.5) is 10.5 Å². The van der Waals surface area contributed by atoms with Gasteiger partial charge in [0.25, 0.3) is 0 Å². The molecule has 4 nitrogen and oxygen atoms in total. The van der Waals surface area contributed by atoms with Gasteiger partial charge in [-0.25, -0.2) is 4.79 Å². The molecule has 2 amide bonds. The number of amides is 2. The number of carbonyl (C=O) groups is 1. The Balaban J connectivity index is 1.86. The van der Waals surface area contributed by atoms with Gasteiger partial charge in [0.2, 0.25) is 0 Å². The van der Waals surface area contributed by atoms with Crippen LogP contribution in [0.1, 0.15) is 31.7 Å². The first-order chi connectivity index (χ1) is 8.65. The van der Waals surface area contributed by atoms with Crippen molar-refractivity contribution in [1.29, 1.82) is 0 Å². The molecule has 0 aliphatic carbocycles. The van der Waals surface area contributed by atoms with Gasteiger partial charge < -0.3 is 15.4 Å². The van der Waals surface area contributed by atoms with Gasteiger partial charge in [-0.15, -0.1) is 0 Å². The molecule has 1 aromatic rings. The van der Waals surface area contributed by atoms with E-state index in [1.807, 2.05) is 24.3 Å². The fourth-order valence-electron chi connectivity index (χ4n) is 1.95. The maximum atomic E-state index is 11.7. The SMILES string of the molecule is CC(C)c1ccc(NC(=O)NC2CCOC2)cc1. The summed E-state index contributed by atoms with van der Waals surface area (Å²) in [5.74, 6) is 0.503. The summed E-state index contributed by atoms with van der Waals surface area (Å²) in [6.45, 7) is 5.64. The van der Waals surface area contributed by atoms with E-state index in [1.165, 1.54) is 5.56 Å². The standard InChI is InChI=1S/C14H20N2O2/c1-10(2)11-3-5-12(6-4-11)15-14(17)16-13-7-8-18-9-13/h3-6,10,13H,7-9H2,1-2H3,(H2,15,16,17). The van der Waals surface area contributed by atoms with Gasteiger partial charge in [0.15, 0.2) is 0 Å². The molecule has 1 aliphatic rings. The Hall–Kier alpha value is -1.55. The summed E-state index contributed by atoms with van der Waals surface area (Å²) in [4.78, 5) is 11.7. The van der Waals surface area contributed by atoms with E-state index >= 15 is 0 Å². The molecular formula is C14H20N2O2. The van der Waals surface area contributed by atoms with Gasteiger partial charge in [0.05, 0.1) is 12.6 Å². The van der Waals surface area contributed by atoms with E-state index in [9.17, 15) is 4.79 Å². The summed E-state index contributed by atoms with van der Waals surface area (Å²) in [5.41, 5.74) is 2.08. The van der Waals surface area contributed by atoms with Crippen LogP contribution in [0.5, 0.6) is 0 Å². The highest BCUT2D eigenvalue weighted by Gasteiger charge is 2.17. The Labute approximate surface area is 108 Å². The number of anilines is 1. The number of hydrogen-bond donors (Lipinski definition) is 2. The minimum absolute atomic E-state index is 0.139. The van der Waals surface area contributed by atoms with Crippen LogP contribution in [0, 0.1) is 0 Å². The number of nitrogens with one attached hydrogen (secondary N) is 2. The lowest BCUT2D eigenvalue weighted by Gasteiger charge is -2.12. The monoisotopic (exact) mass is 248 g/mol. The molecule has 18 heavy (non-hydrogen) atoms. The zero-order valence-electron chi connectivity index (χ0n) is 10.9. The number of carbonyl (C=O) groups excluding carboxylic acids is 1. The minimum atomic E-state index is -0.164. The van der Waals surface area contributed by atoms with Gasteiger partial charge in [-0.1, -0.05) is 26.0 Å². The van der Waals surface area contributed by atoms with Crippen LogP contribution in [-0.4, -0.2) is 25.3 Å². The predicted octanol–water partition coefficient (Wildman–Crippen LogP) is 2.72. The first-order valence-corrected chi connectivity index (χ1v) is 6.40. The van der Waals surface area contributed by atoms with E-state index in [-0.39, 0.29) is 12.1 Å². The normalized spacial score (nSPS) is 18.9. The molecule has 0 saturated carbocycles. The van der Waals surface area contributed by atoms with E-state index in [4.69, 9.17) is 4.74 Å². The lowest BCUT2D eigenvalue weighted by atomic mass is 10.0. The van der Waals surface area contributed by atoms with Crippen LogP contribution in [0.25, 0.3) is 0 Å². The maximum Gasteiger partial charge on any atom is 0.319 e. The Morgan fingerprint density at radius 2 is 2.06 bits per heavy atom. The largest absolute Gasteiger partial charge is 0.379 e. The van der Waals surface area contributed by atoms with Crippen molar-refractivity contribution in [2.45, 2.75) is 32.2 Å². The lowest BCUT2D eigenvalue weighted by molar-refractivity contribution is 0.189. The second kappa shape index (κ2) is 5.87.